The van der Waals surface area contributed by atoms with Crippen molar-refractivity contribution in [2.75, 3.05) is 6.61 Å². The van der Waals surface area contributed by atoms with E-state index in [4.69, 9.17) is 10.5 Å². The third kappa shape index (κ3) is 3.06. The van der Waals surface area contributed by atoms with Crippen molar-refractivity contribution in [1.82, 2.24) is 9.78 Å². The summed E-state index contributed by atoms with van der Waals surface area (Å²) in [6.07, 6.45) is 4.39. The quantitative estimate of drug-likeness (QED) is 0.733. The average Bonchev–Trinajstić information content (AvgIpc) is 2.66. The molecule has 5 nitrogen and oxygen atoms in total. The maximum Gasteiger partial charge on any atom is 0.327 e. The third-order valence-electron chi connectivity index (χ3n) is 2.01. The first-order valence-corrected chi connectivity index (χ1v) is 5.13. The highest BCUT2D eigenvalue weighted by Crippen LogP contribution is 2.10. The first-order valence-electron chi connectivity index (χ1n) is 5.13. The first-order chi connectivity index (χ1) is 7.19. The Morgan fingerprint density at radius 2 is 2.40 bits per heavy atom. The van der Waals surface area contributed by atoms with Gasteiger partial charge in [-0.05, 0) is 13.3 Å². The highest BCUT2D eigenvalue weighted by Gasteiger charge is 2.18. The number of aromatic nitrogens is 2. The zero-order chi connectivity index (χ0) is 11.3. The maximum absolute atomic E-state index is 11.3. The summed E-state index contributed by atoms with van der Waals surface area (Å²) in [4.78, 5) is 11.3. The summed E-state index contributed by atoms with van der Waals surface area (Å²) in [5, 5.41) is 4.10. The molecule has 0 spiro atoms. The van der Waals surface area contributed by atoms with Gasteiger partial charge in [-0.1, -0.05) is 6.92 Å². The SMILES string of the molecule is CCCn1cc(C(N)C(=O)OCC)cn1. The molecule has 0 bridgehead atoms. The van der Waals surface area contributed by atoms with Crippen molar-refractivity contribution in [3.05, 3.63) is 18.0 Å². The summed E-state index contributed by atoms with van der Waals surface area (Å²) in [6.45, 7) is 4.99. The minimum absolute atomic E-state index is 0.343. The van der Waals surface area contributed by atoms with Crippen LogP contribution in [0.5, 0.6) is 0 Å². The van der Waals surface area contributed by atoms with E-state index < -0.39 is 12.0 Å². The zero-order valence-electron chi connectivity index (χ0n) is 9.14. The lowest BCUT2D eigenvalue weighted by atomic mass is 10.2. The van der Waals surface area contributed by atoms with E-state index in [2.05, 4.69) is 12.0 Å². The first kappa shape index (κ1) is 11.7. The summed E-state index contributed by atoms with van der Waals surface area (Å²) in [5.41, 5.74) is 6.40. The second-order valence-corrected chi connectivity index (χ2v) is 3.27. The number of carbonyl (C=O) groups excluding carboxylic acids is 1. The molecular weight excluding hydrogens is 194 g/mol. The van der Waals surface area contributed by atoms with Gasteiger partial charge in [0.15, 0.2) is 0 Å². The number of nitrogens with two attached hydrogens (primary N) is 1. The van der Waals surface area contributed by atoms with Crippen LogP contribution < -0.4 is 5.73 Å². The second kappa shape index (κ2) is 5.50. The number of ether oxygens (including phenoxy) is 1. The summed E-state index contributed by atoms with van der Waals surface area (Å²) in [5.74, 6) is -0.409. The van der Waals surface area contributed by atoms with Crippen LogP contribution in [0.1, 0.15) is 31.9 Å². The number of nitrogens with zero attached hydrogens (tertiary/aromatic N) is 2. The van der Waals surface area contributed by atoms with Crippen molar-refractivity contribution in [1.29, 1.82) is 0 Å². The molecule has 0 aliphatic rings. The molecule has 1 aromatic heterocycles. The standard InChI is InChI=1S/C10H17N3O2/c1-3-5-13-7-8(6-12-13)9(11)10(14)15-4-2/h6-7,9H,3-5,11H2,1-2H3. The zero-order valence-corrected chi connectivity index (χ0v) is 9.14. The average molecular weight is 211 g/mol. The van der Waals surface area contributed by atoms with Crippen LogP contribution in [0.3, 0.4) is 0 Å². The molecule has 1 unspecified atom stereocenters. The molecular formula is C10H17N3O2. The Kier molecular flexibility index (Phi) is 4.30. The predicted molar refractivity (Wildman–Crippen MR) is 56.1 cm³/mol. The van der Waals surface area contributed by atoms with Gasteiger partial charge in [-0.3, -0.25) is 4.68 Å². The molecule has 0 saturated carbocycles. The van der Waals surface area contributed by atoms with Crippen molar-refractivity contribution in [2.24, 2.45) is 5.73 Å². The Balaban J connectivity index is 2.64. The molecule has 84 valence electrons. The van der Waals surface area contributed by atoms with Gasteiger partial charge in [0.2, 0.25) is 0 Å². The molecule has 0 amide bonds. The topological polar surface area (TPSA) is 70.1 Å². The van der Waals surface area contributed by atoms with E-state index in [-0.39, 0.29) is 0 Å². The minimum Gasteiger partial charge on any atom is -0.465 e. The van der Waals surface area contributed by atoms with E-state index in [1.807, 2.05) is 0 Å². The molecule has 2 N–H and O–H groups in total. The van der Waals surface area contributed by atoms with Gasteiger partial charge in [-0.25, -0.2) is 4.79 Å². The van der Waals surface area contributed by atoms with Crippen LogP contribution >= 0.6 is 0 Å². The fourth-order valence-corrected chi connectivity index (χ4v) is 1.26. The molecule has 0 aliphatic heterocycles. The third-order valence-corrected chi connectivity index (χ3v) is 2.01. The normalized spacial score (nSPS) is 12.5. The Morgan fingerprint density at radius 1 is 1.67 bits per heavy atom. The van der Waals surface area contributed by atoms with Gasteiger partial charge >= 0.3 is 5.97 Å². The summed E-state index contributed by atoms with van der Waals surface area (Å²) < 4.78 is 6.60. The van der Waals surface area contributed by atoms with E-state index >= 15 is 0 Å². The van der Waals surface area contributed by atoms with Crippen LogP contribution in [0, 0.1) is 0 Å². The molecule has 0 saturated heterocycles. The Labute approximate surface area is 89.2 Å². The minimum atomic E-state index is -0.726. The fourth-order valence-electron chi connectivity index (χ4n) is 1.26. The smallest absolute Gasteiger partial charge is 0.327 e. The van der Waals surface area contributed by atoms with Gasteiger partial charge < -0.3 is 10.5 Å². The van der Waals surface area contributed by atoms with Gasteiger partial charge in [0, 0.05) is 18.3 Å². The maximum atomic E-state index is 11.3. The molecule has 1 atom stereocenters. The van der Waals surface area contributed by atoms with Crippen LogP contribution in [0.25, 0.3) is 0 Å². The van der Waals surface area contributed by atoms with E-state index in [9.17, 15) is 4.79 Å². The lowest BCUT2D eigenvalue weighted by Crippen LogP contribution is -2.23. The monoisotopic (exact) mass is 211 g/mol. The van der Waals surface area contributed by atoms with Gasteiger partial charge in [0.05, 0.1) is 12.8 Å². The largest absolute Gasteiger partial charge is 0.465 e. The van der Waals surface area contributed by atoms with E-state index in [1.165, 1.54) is 0 Å². The van der Waals surface area contributed by atoms with Gasteiger partial charge in [0.1, 0.15) is 6.04 Å². The van der Waals surface area contributed by atoms with Crippen LogP contribution in [-0.4, -0.2) is 22.4 Å². The molecule has 0 aliphatic carbocycles. The second-order valence-electron chi connectivity index (χ2n) is 3.27. The Bertz CT molecular complexity index is 322. The van der Waals surface area contributed by atoms with Crippen molar-refractivity contribution < 1.29 is 9.53 Å². The molecule has 0 aromatic carbocycles. The van der Waals surface area contributed by atoms with Crippen LogP contribution in [0.4, 0.5) is 0 Å². The number of hydrogen-bond donors (Lipinski definition) is 1. The molecule has 0 fully saturated rings. The van der Waals surface area contributed by atoms with Gasteiger partial charge in [0.25, 0.3) is 0 Å². The number of aryl methyl sites for hydroxylation is 1. The molecule has 1 aromatic rings. The van der Waals surface area contributed by atoms with Crippen LogP contribution in [0.2, 0.25) is 0 Å². The summed E-state index contributed by atoms with van der Waals surface area (Å²) in [6, 6.07) is -0.726. The number of esters is 1. The lowest BCUT2D eigenvalue weighted by molar-refractivity contribution is -0.144. The summed E-state index contributed by atoms with van der Waals surface area (Å²) >= 11 is 0. The predicted octanol–water partition coefficient (Wildman–Crippen LogP) is 0.856. The number of hydrogen-bond acceptors (Lipinski definition) is 4. The van der Waals surface area contributed by atoms with E-state index in [1.54, 1.807) is 24.0 Å². The molecule has 1 heterocycles. The van der Waals surface area contributed by atoms with Crippen LogP contribution in [0.15, 0.2) is 12.4 Å². The molecule has 0 radical (unpaired) electrons. The lowest BCUT2D eigenvalue weighted by Gasteiger charge is -2.07. The van der Waals surface area contributed by atoms with Crippen molar-refractivity contribution in [3.8, 4) is 0 Å². The van der Waals surface area contributed by atoms with Gasteiger partial charge in [-0.15, -0.1) is 0 Å². The highest BCUT2D eigenvalue weighted by molar-refractivity contribution is 5.77. The fraction of sp³-hybridized carbons (Fsp3) is 0.600. The number of carbonyl (C=O) groups is 1. The highest BCUT2D eigenvalue weighted by atomic mass is 16.5. The van der Waals surface area contributed by atoms with Crippen molar-refractivity contribution in [3.63, 3.8) is 0 Å². The Morgan fingerprint density at radius 3 is 3.00 bits per heavy atom. The molecule has 1 rings (SSSR count). The van der Waals surface area contributed by atoms with Crippen molar-refractivity contribution >= 4 is 5.97 Å². The summed E-state index contributed by atoms with van der Waals surface area (Å²) in [7, 11) is 0. The van der Waals surface area contributed by atoms with E-state index in [0.29, 0.717) is 12.2 Å². The van der Waals surface area contributed by atoms with Gasteiger partial charge in [-0.2, -0.15) is 5.10 Å². The Hall–Kier alpha value is -1.36. The van der Waals surface area contributed by atoms with Crippen LogP contribution in [-0.2, 0) is 16.1 Å². The molecule has 5 heteroatoms. The van der Waals surface area contributed by atoms with E-state index in [0.717, 1.165) is 13.0 Å². The number of rotatable bonds is 5. The van der Waals surface area contributed by atoms with Crippen molar-refractivity contribution in [2.45, 2.75) is 32.9 Å². The molecule has 15 heavy (non-hydrogen) atoms.